The van der Waals surface area contributed by atoms with Crippen LogP contribution in [0, 0.1) is 5.41 Å². The zero-order valence-electron chi connectivity index (χ0n) is 19.5. The number of amides is 1. The van der Waals surface area contributed by atoms with Crippen LogP contribution in [-0.4, -0.2) is 35.7 Å². The van der Waals surface area contributed by atoms with E-state index in [9.17, 15) is 9.59 Å². The molecule has 174 valence electrons. The minimum absolute atomic E-state index is 0.169. The van der Waals surface area contributed by atoms with Crippen molar-refractivity contribution in [3.8, 4) is 11.5 Å². The van der Waals surface area contributed by atoms with Crippen LogP contribution >= 0.6 is 0 Å². The number of benzene rings is 2. The molecule has 2 atom stereocenters. The lowest BCUT2D eigenvalue weighted by Crippen LogP contribution is -2.48. The number of hydrogen-bond acceptors (Lipinski definition) is 7. The van der Waals surface area contributed by atoms with Gasteiger partial charge in [0, 0.05) is 17.5 Å². The standard InChI is InChI=1S/C26H25N3O5/c1-24(2)25(3)9-10-26(24,23(31)29-15-8-6-5-7-14(15)22(30)32-4)21-20(25)27-16-11-18-19(34-13-33-18)12-17(16)28-21/h5-8,11-12H,9-10,13H2,1-4H3,(H,29,31). The molecule has 3 aromatic rings. The van der Waals surface area contributed by atoms with E-state index in [1.807, 2.05) is 12.1 Å². The highest BCUT2D eigenvalue weighted by Gasteiger charge is 2.73. The van der Waals surface area contributed by atoms with E-state index in [2.05, 4.69) is 26.1 Å². The van der Waals surface area contributed by atoms with Crippen molar-refractivity contribution >= 4 is 28.6 Å². The van der Waals surface area contributed by atoms with Crippen LogP contribution in [0.4, 0.5) is 5.69 Å². The second kappa shape index (κ2) is 6.68. The van der Waals surface area contributed by atoms with Gasteiger partial charge in [-0.15, -0.1) is 0 Å². The maximum absolute atomic E-state index is 14.1. The Hall–Kier alpha value is -3.68. The number of para-hydroxylation sites is 1. The number of anilines is 1. The third-order valence-electron chi connectivity index (χ3n) is 8.50. The van der Waals surface area contributed by atoms with Gasteiger partial charge in [0.05, 0.1) is 46.2 Å². The van der Waals surface area contributed by atoms with Crippen molar-refractivity contribution in [2.45, 2.75) is 44.4 Å². The lowest BCUT2D eigenvalue weighted by molar-refractivity contribution is -0.125. The summed E-state index contributed by atoms with van der Waals surface area (Å²) >= 11 is 0. The quantitative estimate of drug-likeness (QED) is 0.588. The summed E-state index contributed by atoms with van der Waals surface area (Å²) in [5, 5.41) is 3.04. The molecule has 1 fully saturated rings. The van der Waals surface area contributed by atoms with Gasteiger partial charge in [0.15, 0.2) is 11.5 Å². The van der Waals surface area contributed by atoms with E-state index in [1.54, 1.807) is 24.3 Å². The Labute approximate surface area is 196 Å². The number of esters is 1. The van der Waals surface area contributed by atoms with E-state index in [1.165, 1.54) is 7.11 Å². The zero-order valence-corrected chi connectivity index (χ0v) is 19.5. The number of nitrogens with zero attached hydrogens (tertiary/aromatic N) is 2. The first kappa shape index (κ1) is 20.9. The Morgan fingerprint density at radius 3 is 2.29 bits per heavy atom. The molecule has 2 heterocycles. The van der Waals surface area contributed by atoms with Crippen molar-refractivity contribution in [3.05, 3.63) is 53.3 Å². The molecule has 6 rings (SSSR count). The lowest BCUT2D eigenvalue weighted by Gasteiger charge is -2.39. The fourth-order valence-electron chi connectivity index (χ4n) is 6.10. The summed E-state index contributed by atoms with van der Waals surface area (Å²) in [5.41, 5.74) is 1.97. The second-order valence-electron chi connectivity index (χ2n) is 9.97. The van der Waals surface area contributed by atoms with Crippen LogP contribution < -0.4 is 14.8 Å². The first-order valence-corrected chi connectivity index (χ1v) is 11.3. The molecule has 8 nitrogen and oxygen atoms in total. The average molecular weight is 460 g/mol. The summed E-state index contributed by atoms with van der Waals surface area (Å²) in [4.78, 5) is 36.5. The molecule has 0 radical (unpaired) electrons. The molecule has 1 amide bonds. The van der Waals surface area contributed by atoms with Gasteiger partial charge in [-0.3, -0.25) is 4.79 Å². The smallest absolute Gasteiger partial charge is 0.339 e. The van der Waals surface area contributed by atoms with Crippen molar-refractivity contribution < 1.29 is 23.8 Å². The number of aromatic nitrogens is 2. The number of rotatable bonds is 3. The minimum Gasteiger partial charge on any atom is -0.465 e. The number of carbonyl (C=O) groups excluding carboxylic acids is 2. The topological polar surface area (TPSA) is 99.6 Å². The number of methoxy groups -OCH3 is 1. The number of nitrogens with one attached hydrogen (secondary N) is 1. The third-order valence-corrected chi connectivity index (χ3v) is 8.50. The second-order valence-corrected chi connectivity index (χ2v) is 9.97. The minimum atomic E-state index is -0.905. The largest absolute Gasteiger partial charge is 0.465 e. The molecule has 2 aromatic carbocycles. The number of carbonyl (C=O) groups is 2. The lowest BCUT2D eigenvalue weighted by atomic mass is 9.63. The molecule has 2 bridgehead atoms. The fraction of sp³-hybridized carbons (Fsp3) is 0.385. The van der Waals surface area contributed by atoms with Crippen molar-refractivity contribution in [3.63, 3.8) is 0 Å². The highest BCUT2D eigenvalue weighted by molar-refractivity contribution is 6.06. The van der Waals surface area contributed by atoms with E-state index in [0.717, 1.165) is 17.6 Å². The van der Waals surface area contributed by atoms with Crippen molar-refractivity contribution in [1.82, 2.24) is 9.97 Å². The molecule has 1 saturated carbocycles. The normalized spacial score (nSPS) is 25.3. The van der Waals surface area contributed by atoms with E-state index in [0.29, 0.717) is 40.4 Å². The van der Waals surface area contributed by atoms with Crippen molar-refractivity contribution in [1.29, 1.82) is 0 Å². The zero-order chi connectivity index (χ0) is 23.9. The Balaban J connectivity index is 1.51. The molecule has 0 saturated heterocycles. The van der Waals surface area contributed by atoms with Crippen LogP contribution in [0.3, 0.4) is 0 Å². The van der Waals surface area contributed by atoms with Gasteiger partial charge in [-0.05, 0) is 30.4 Å². The summed E-state index contributed by atoms with van der Waals surface area (Å²) in [6.07, 6.45) is 1.45. The monoisotopic (exact) mass is 459 g/mol. The summed E-state index contributed by atoms with van der Waals surface area (Å²) in [6.45, 7) is 6.57. The highest BCUT2D eigenvalue weighted by atomic mass is 16.7. The number of fused-ring (bicyclic) bond motifs is 7. The van der Waals surface area contributed by atoms with Crippen LogP contribution in [0.5, 0.6) is 11.5 Å². The van der Waals surface area contributed by atoms with Crippen LogP contribution in [0.15, 0.2) is 36.4 Å². The molecule has 3 aliphatic rings. The van der Waals surface area contributed by atoms with Gasteiger partial charge < -0.3 is 19.5 Å². The van der Waals surface area contributed by atoms with Crippen LogP contribution in [-0.2, 0) is 20.4 Å². The van der Waals surface area contributed by atoms with Gasteiger partial charge in [0.2, 0.25) is 12.7 Å². The Bertz CT molecular complexity index is 1400. The Kier molecular flexibility index (Phi) is 4.11. The predicted molar refractivity (Wildman–Crippen MR) is 124 cm³/mol. The van der Waals surface area contributed by atoms with Crippen molar-refractivity contribution in [2.24, 2.45) is 5.41 Å². The van der Waals surface area contributed by atoms with Gasteiger partial charge in [-0.2, -0.15) is 0 Å². The van der Waals surface area contributed by atoms with Gasteiger partial charge in [0.1, 0.15) is 0 Å². The Morgan fingerprint density at radius 2 is 1.62 bits per heavy atom. The summed E-state index contributed by atoms with van der Waals surface area (Å²) in [7, 11) is 1.32. The summed E-state index contributed by atoms with van der Waals surface area (Å²) in [6, 6.07) is 10.6. The predicted octanol–water partition coefficient (Wildman–Crippen LogP) is 4.11. The molecule has 0 spiro atoms. The molecular weight excluding hydrogens is 434 g/mol. The van der Waals surface area contributed by atoms with E-state index in [-0.39, 0.29) is 18.1 Å². The molecule has 1 aliphatic heterocycles. The molecule has 2 aliphatic carbocycles. The fourth-order valence-corrected chi connectivity index (χ4v) is 6.10. The van der Waals surface area contributed by atoms with Crippen molar-refractivity contribution in [2.75, 3.05) is 19.2 Å². The van der Waals surface area contributed by atoms with Gasteiger partial charge in [0.25, 0.3) is 0 Å². The maximum atomic E-state index is 14.1. The molecule has 1 N–H and O–H groups in total. The molecule has 2 unspecified atom stereocenters. The number of ether oxygens (including phenoxy) is 3. The molecular formula is C26H25N3O5. The number of hydrogen-bond donors (Lipinski definition) is 1. The average Bonchev–Trinajstić information content (AvgIpc) is 3.40. The van der Waals surface area contributed by atoms with Gasteiger partial charge >= 0.3 is 5.97 Å². The Morgan fingerprint density at radius 1 is 0.971 bits per heavy atom. The molecule has 1 aromatic heterocycles. The first-order chi connectivity index (χ1) is 16.2. The molecule has 8 heteroatoms. The van der Waals surface area contributed by atoms with E-state index < -0.39 is 16.8 Å². The van der Waals surface area contributed by atoms with E-state index >= 15 is 0 Å². The summed E-state index contributed by atoms with van der Waals surface area (Å²) in [5.74, 6) is 0.588. The van der Waals surface area contributed by atoms with Crippen LogP contribution in [0.1, 0.15) is 55.4 Å². The van der Waals surface area contributed by atoms with Gasteiger partial charge in [-0.25, -0.2) is 14.8 Å². The highest BCUT2D eigenvalue weighted by Crippen LogP contribution is 2.70. The summed E-state index contributed by atoms with van der Waals surface area (Å²) < 4.78 is 16.0. The third kappa shape index (κ3) is 2.38. The van der Waals surface area contributed by atoms with Crippen LogP contribution in [0.25, 0.3) is 11.0 Å². The van der Waals surface area contributed by atoms with Gasteiger partial charge in [-0.1, -0.05) is 32.9 Å². The van der Waals surface area contributed by atoms with E-state index in [4.69, 9.17) is 24.2 Å². The van der Waals surface area contributed by atoms with Crippen LogP contribution in [0.2, 0.25) is 0 Å². The molecule has 34 heavy (non-hydrogen) atoms. The SMILES string of the molecule is COC(=O)c1ccccc1NC(=O)C12CCC(C)(c3nc4cc5c(cc4nc31)OCO5)C2(C)C. The maximum Gasteiger partial charge on any atom is 0.339 e. The first-order valence-electron chi connectivity index (χ1n) is 11.3.